The smallest absolute Gasteiger partial charge is 0.225 e. The minimum atomic E-state index is -0.460. The fourth-order valence-electron chi connectivity index (χ4n) is 1.67. The number of unbranched alkanes of at least 4 members (excludes halogenated alkanes) is 1. The van der Waals surface area contributed by atoms with Crippen molar-refractivity contribution in [2.45, 2.75) is 38.7 Å². The van der Waals surface area contributed by atoms with E-state index >= 15 is 0 Å². The Balaban J connectivity index is 1.98. The predicted octanol–water partition coefficient (Wildman–Crippen LogP) is 0.786. The van der Waals surface area contributed by atoms with Crippen LogP contribution in [0.1, 0.15) is 32.6 Å². The third kappa shape index (κ3) is 4.62. The molecule has 0 aromatic rings. The van der Waals surface area contributed by atoms with Gasteiger partial charge < -0.3 is 14.7 Å². The van der Waals surface area contributed by atoms with Gasteiger partial charge in [-0.15, -0.1) is 0 Å². The highest BCUT2D eigenvalue weighted by molar-refractivity contribution is 5.78. The Kier molecular flexibility index (Phi) is 5.65. The highest BCUT2D eigenvalue weighted by atomic mass is 16.5. The predicted molar refractivity (Wildman–Crippen MR) is 57.5 cm³/mol. The molecule has 1 saturated heterocycles. The van der Waals surface area contributed by atoms with Gasteiger partial charge in [-0.3, -0.25) is 4.79 Å². The molecule has 4 heteroatoms. The van der Waals surface area contributed by atoms with Gasteiger partial charge in [0.15, 0.2) is 0 Å². The summed E-state index contributed by atoms with van der Waals surface area (Å²) in [6.07, 6.45) is 2.94. The Labute approximate surface area is 91.2 Å². The zero-order valence-corrected chi connectivity index (χ0v) is 9.45. The van der Waals surface area contributed by atoms with Crippen molar-refractivity contribution in [3.63, 3.8) is 0 Å². The van der Waals surface area contributed by atoms with Crippen LogP contribution >= 0.6 is 0 Å². The molecule has 1 unspecified atom stereocenters. The number of nitrogens with zero attached hydrogens (tertiary/aromatic N) is 1. The van der Waals surface area contributed by atoms with E-state index in [0.717, 1.165) is 25.9 Å². The van der Waals surface area contributed by atoms with Gasteiger partial charge in [0.05, 0.1) is 12.5 Å². The second-order valence-corrected chi connectivity index (χ2v) is 4.02. The van der Waals surface area contributed by atoms with Crippen LogP contribution in [0, 0.1) is 0 Å². The topological polar surface area (TPSA) is 49.8 Å². The van der Waals surface area contributed by atoms with Crippen molar-refractivity contribution in [1.82, 2.24) is 4.90 Å². The first kappa shape index (κ1) is 12.5. The van der Waals surface area contributed by atoms with Gasteiger partial charge >= 0.3 is 0 Å². The fourth-order valence-corrected chi connectivity index (χ4v) is 1.67. The van der Waals surface area contributed by atoms with E-state index in [9.17, 15) is 9.90 Å². The minimum absolute atomic E-state index is 0.0658. The number of amides is 1. The van der Waals surface area contributed by atoms with E-state index in [1.54, 1.807) is 4.90 Å². The van der Waals surface area contributed by atoms with Crippen molar-refractivity contribution in [2.75, 3.05) is 26.3 Å². The standard InChI is InChI=1S/C11H21NO3/c1-2-3-6-15-7-4-5-12-9-10(13)8-11(12)14/h10,13H,2-9H2,1H3. The van der Waals surface area contributed by atoms with Crippen LogP contribution in [-0.4, -0.2) is 48.3 Å². The quantitative estimate of drug-likeness (QED) is 0.639. The molecule has 88 valence electrons. The molecule has 1 rings (SSSR count). The van der Waals surface area contributed by atoms with Gasteiger partial charge in [-0.05, 0) is 12.8 Å². The van der Waals surface area contributed by atoms with Crippen molar-refractivity contribution in [2.24, 2.45) is 0 Å². The van der Waals surface area contributed by atoms with Gasteiger partial charge in [-0.2, -0.15) is 0 Å². The number of aliphatic hydroxyl groups excluding tert-OH is 1. The lowest BCUT2D eigenvalue weighted by Crippen LogP contribution is -2.27. The van der Waals surface area contributed by atoms with E-state index in [0.29, 0.717) is 19.7 Å². The lowest BCUT2D eigenvalue weighted by molar-refractivity contribution is -0.127. The molecule has 15 heavy (non-hydrogen) atoms. The highest BCUT2D eigenvalue weighted by Gasteiger charge is 2.26. The Morgan fingerprint density at radius 1 is 1.47 bits per heavy atom. The van der Waals surface area contributed by atoms with Crippen LogP contribution in [0.5, 0.6) is 0 Å². The molecule has 0 saturated carbocycles. The molecule has 1 atom stereocenters. The molecule has 0 bridgehead atoms. The first-order chi connectivity index (χ1) is 7.24. The number of rotatable bonds is 7. The lowest BCUT2D eigenvalue weighted by Gasteiger charge is -2.15. The van der Waals surface area contributed by atoms with E-state index in [1.807, 2.05) is 0 Å². The van der Waals surface area contributed by atoms with E-state index < -0.39 is 6.10 Å². The number of β-amino-alcohol motifs (C(OH)–C–C–N with tert-alkyl or cyclic N) is 1. The summed E-state index contributed by atoms with van der Waals surface area (Å²) in [6.45, 7) is 4.86. The van der Waals surface area contributed by atoms with Crippen LogP contribution in [-0.2, 0) is 9.53 Å². The number of carbonyl (C=O) groups is 1. The van der Waals surface area contributed by atoms with Gasteiger partial charge in [0.25, 0.3) is 0 Å². The molecule has 1 N–H and O–H groups in total. The van der Waals surface area contributed by atoms with Gasteiger partial charge in [0.2, 0.25) is 5.91 Å². The van der Waals surface area contributed by atoms with Gasteiger partial charge in [0.1, 0.15) is 0 Å². The Hall–Kier alpha value is -0.610. The number of ether oxygens (including phenoxy) is 1. The summed E-state index contributed by atoms with van der Waals surface area (Å²) in [5, 5.41) is 9.25. The summed E-state index contributed by atoms with van der Waals surface area (Å²) in [4.78, 5) is 13.0. The molecular weight excluding hydrogens is 194 g/mol. The molecule has 0 spiro atoms. The van der Waals surface area contributed by atoms with Gasteiger partial charge in [-0.25, -0.2) is 0 Å². The van der Waals surface area contributed by atoms with Crippen molar-refractivity contribution >= 4 is 5.91 Å². The van der Waals surface area contributed by atoms with E-state index in [2.05, 4.69) is 6.92 Å². The minimum Gasteiger partial charge on any atom is -0.391 e. The molecule has 1 amide bonds. The van der Waals surface area contributed by atoms with Crippen LogP contribution in [0.15, 0.2) is 0 Å². The van der Waals surface area contributed by atoms with Gasteiger partial charge in [0, 0.05) is 26.3 Å². The third-order valence-corrected chi connectivity index (χ3v) is 2.55. The zero-order chi connectivity index (χ0) is 11.1. The second-order valence-electron chi connectivity index (χ2n) is 4.02. The highest BCUT2D eigenvalue weighted by Crippen LogP contribution is 2.10. The van der Waals surface area contributed by atoms with E-state index in [1.165, 1.54) is 0 Å². The molecule has 4 nitrogen and oxygen atoms in total. The average Bonchev–Trinajstić information content (AvgIpc) is 2.51. The Morgan fingerprint density at radius 2 is 2.20 bits per heavy atom. The summed E-state index contributed by atoms with van der Waals surface area (Å²) >= 11 is 0. The number of hydrogen-bond acceptors (Lipinski definition) is 3. The first-order valence-corrected chi connectivity index (χ1v) is 5.77. The first-order valence-electron chi connectivity index (χ1n) is 5.77. The molecule has 1 heterocycles. The summed E-state index contributed by atoms with van der Waals surface area (Å²) < 4.78 is 5.40. The molecule has 0 aromatic heterocycles. The maximum absolute atomic E-state index is 11.3. The van der Waals surface area contributed by atoms with Crippen molar-refractivity contribution in [3.8, 4) is 0 Å². The van der Waals surface area contributed by atoms with Crippen molar-refractivity contribution < 1.29 is 14.6 Å². The lowest BCUT2D eigenvalue weighted by atomic mass is 10.3. The summed E-state index contributed by atoms with van der Waals surface area (Å²) in [6, 6.07) is 0. The normalized spacial score (nSPS) is 21.3. The third-order valence-electron chi connectivity index (χ3n) is 2.55. The molecule has 1 fully saturated rings. The van der Waals surface area contributed by atoms with Crippen molar-refractivity contribution in [1.29, 1.82) is 0 Å². The maximum atomic E-state index is 11.3. The van der Waals surface area contributed by atoms with Crippen LogP contribution < -0.4 is 0 Å². The molecule has 0 aromatic carbocycles. The van der Waals surface area contributed by atoms with Crippen LogP contribution in [0.25, 0.3) is 0 Å². The van der Waals surface area contributed by atoms with E-state index in [-0.39, 0.29) is 12.3 Å². The Morgan fingerprint density at radius 3 is 2.80 bits per heavy atom. The zero-order valence-electron chi connectivity index (χ0n) is 9.45. The molecule has 0 radical (unpaired) electrons. The Bertz CT molecular complexity index is 196. The number of aliphatic hydroxyl groups is 1. The van der Waals surface area contributed by atoms with Crippen LogP contribution in [0.2, 0.25) is 0 Å². The summed E-state index contributed by atoms with van der Waals surface area (Å²) in [5.74, 6) is 0.0658. The summed E-state index contributed by atoms with van der Waals surface area (Å²) in [7, 11) is 0. The largest absolute Gasteiger partial charge is 0.391 e. The van der Waals surface area contributed by atoms with Crippen molar-refractivity contribution in [3.05, 3.63) is 0 Å². The van der Waals surface area contributed by atoms with E-state index in [4.69, 9.17) is 4.74 Å². The maximum Gasteiger partial charge on any atom is 0.225 e. The molecule has 1 aliphatic heterocycles. The van der Waals surface area contributed by atoms with Gasteiger partial charge in [-0.1, -0.05) is 13.3 Å². The number of carbonyl (C=O) groups excluding carboxylic acids is 1. The monoisotopic (exact) mass is 215 g/mol. The second kappa shape index (κ2) is 6.80. The summed E-state index contributed by atoms with van der Waals surface area (Å²) in [5.41, 5.74) is 0. The fraction of sp³-hybridized carbons (Fsp3) is 0.909. The number of hydrogen-bond donors (Lipinski definition) is 1. The van der Waals surface area contributed by atoms with Crippen LogP contribution in [0.4, 0.5) is 0 Å². The SMILES string of the molecule is CCCCOCCCN1CC(O)CC1=O. The number of likely N-dealkylation sites (tertiary alicyclic amines) is 1. The molecular formula is C11H21NO3. The molecule has 0 aliphatic carbocycles. The van der Waals surface area contributed by atoms with Crippen LogP contribution in [0.3, 0.4) is 0 Å². The molecule has 1 aliphatic rings. The average molecular weight is 215 g/mol.